The quantitative estimate of drug-likeness (QED) is 0.628. The number of primary sulfonamides is 1. The third-order valence-corrected chi connectivity index (χ3v) is 4.48. The van der Waals surface area contributed by atoms with Gasteiger partial charge >= 0.3 is 0 Å². The van der Waals surface area contributed by atoms with Crippen molar-refractivity contribution in [2.45, 2.75) is 9.79 Å². The van der Waals surface area contributed by atoms with E-state index in [-0.39, 0.29) is 10.6 Å². The molecule has 0 fully saturated rings. The molecule has 7 heteroatoms. The van der Waals surface area contributed by atoms with Crippen LogP contribution in [0.4, 0.5) is 0 Å². The van der Waals surface area contributed by atoms with E-state index in [2.05, 4.69) is 0 Å². The number of nitrogens with two attached hydrogens (primary N) is 1. The van der Waals surface area contributed by atoms with Crippen molar-refractivity contribution in [1.29, 1.82) is 0 Å². The Hall–Kier alpha value is -1.70. The van der Waals surface area contributed by atoms with Crippen LogP contribution in [0.5, 0.6) is 11.5 Å². The lowest BCUT2D eigenvalue weighted by Crippen LogP contribution is -2.11. The van der Waals surface area contributed by atoms with Gasteiger partial charge in [0.2, 0.25) is 10.0 Å². The summed E-state index contributed by atoms with van der Waals surface area (Å²) >= 11 is 1.56. The molecule has 0 saturated carbocycles. The van der Waals surface area contributed by atoms with Crippen molar-refractivity contribution in [2.24, 2.45) is 5.14 Å². The van der Waals surface area contributed by atoms with E-state index in [9.17, 15) is 13.5 Å². The van der Waals surface area contributed by atoms with Crippen LogP contribution < -0.4 is 9.88 Å². The van der Waals surface area contributed by atoms with Crippen molar-refractivity contribution in [3.05, 3.63) is 48.5 Å². The molecular formula is C14H15NO4S2. The van der Waals surface area contributed by atoms with Crippen molar-refractivity contribution >= 4 is 21.8 Å². The topological polar surface area (TPSA) is 89.6 Å². The lowest BCUT2D eigenvalue weighted by atomic mass is 10.3. The van der Waals surface area contributed by atoms with Gasteiger partial charge in [-0.15, -0.1) is 11.8 Å². The standard InChI is InChI=1S/C14H15NO4S2/c15-21(17,18)14-6-4-12(5-7-14)19-8-9-20-13-3-1-2-11(16)10-13/h1-7,10,16H,8-9H2,(H2,15,17,18). The van der Waals surface area contributed by atoms with Crippen LogP contribution >= 0.6 is 11.8 Å². The summed E-state index contributed by atoms with van der Waals surface area (Å²) in [6, 6.07) is 13.0. The van der Waals surface area contributed by atoms with Gasteiger partial charge in [0.05, 0.1) is 11.5 Å². The van der Waals surface area contributed by atoms with E-state index >= 15 is 0 Å². The van der Waals surface area contributed by atoms with Crippen LogP contribution in [0.15, 0.2) is 58.3 Å². The molecule has 21 heavy (non-hydrogen) atoms. The molecule has 0 amide bonds. The van der Waals surface area contributed by atoms with E-state index in [0.717, 1.165) is 4.90 Å². The van der Waals surface area contributed by atoms with Gasteiger partial charge in [-0.05, 0) is 42.5 Å². The van der Waals surface area contributed by atoms with Crippen LogP contribution in [-0.2, 0) is 10.0 Å². The summed E-state index contributed by atoms with van der Waals surface area (Å²) in [7, 11) is -3.67. The van der Waals surface area contributed by atoms with Crippen molar-refractivity contribution < 1.29 is 18.3 Å². The summed E-state index contributed by atoms with van der Waals surface area (Å²) in [6.07, 6.45) is 0. The Bertz CT molecular complexity index is 699. The molecule has 0 bridgehead atoms. The number of phenolic OH excluding ortho intramolecular Hbond substituents is 1. The Kier molecular flexibility index (Phi) is 5.11. The number of hydrogen-bond donors (Lipinski definition) is 2. The van der Waals surface area contributed by atoms with Gasteiger partial charge in [-0.2, -0.15) is 0 Å². The first-order chi connectivity index (χ1) is 9.95. The Morgan fingerprint density at radius 3 is 2.48 bits per heavy atom. The maximum absolute atomic E-state index is 11.1. The van der Waals surface area contributed by atoms with Gasteiger partial charge in [-0.3, -0.25) is 0 Å². The summed E-state index contributed by atoms with van der Waals surface area (Å²) in [6.45, 7) is 0.467. The second-order valence-corrected chi connectivity index (χ2v) is 6.94. The highest BCUT2D eigenvalue weighted by Crippen LogP contribution is 2.22. The first kappa shape index (κ1) is 15.7. The highest BCUT2D eigenvalue weighted by atomic mass is 32.2. The first-order valence-electron chi connectivity index (χ1n) is 6.13. The SMILES string of the molecule is NS(=O)(=O)c1ccc(OCCSc2cccc(O)c2)cc1. The minimum atomic E-state index is -3.67. The molecule has 2 aromatic rings. The molecule has 0 heterocycles. The Morgan fingerprint density at radius 1 is 1.14 bits per heavy atom. The van der Waals surface area contributed by atoms with Gasteiger partial charge in [-0.25, -0.2) is 13.6 Å². The highest BCUT2D eigenvalue weighted by Gasteiger charge is 2.06. The molecule has 0 aromatic heterocycles. The molecule has 0 aliphatic heterocycles. The number of benzene rings is 2. The van der Waals surface area contributed by atoms with Crippen LogP contribution in [-0.4, -0.2) is 25.9 Å². The predicted molar refractivity (Wildman–Crippen MR) is 82.1 cm³/mol. The van der Waals surface area contributed by atoms with E-state index in [1.165, 1.54) is 12.1 Å². The number of hydrogen-bond acceptors (Lipinski definition) is 5. The molecule has 0 radical (unpaired) electrons. The summed E-state index contributed by atoms with van der Waals surface area (Å²) in [4.78, 5) is 1.02. The summed E-state index contributed by atoms with van der Waals surface area (Å²) in [5, 5.41) is 14.3. The van der Waals surface area contributed by atoms with E-state index < -0.39 is 10.0 Å². The van der Waals surface area contributed by atoms with Crippen molar-refractivity contribution in [1.82, 2.24) is 0 Å². The number of phenols is 1. The molecule has 0 unspecified atom stereocenters. The van der Waals surface area contributed by atoms with Crippen molar-refractivity contribution in [3.8, 4) is 11.5 Å². The number of thioether (sulfide) groups is 1. The van der Waals surface area contributed by atoms with Crippen LogP contribution in [0.25, 0.3) is 0 Å². The van der Waals surface area contributed by atoms with E-state index in [0.29, 0.717) is 18.1 Å². The monoisotopic (exact) mass is 325 g/mol. The van der Waals surface area contributed by atoms with Crippen molar-refractivity contribution in [2.75, 3.05) is 12.4 Å². The van der Waals surface area contributed by atoms with Crippen LogP contribution in [0, 0.1) is 0 Å². The van der Waals surface area contributed by atoms with Crippen LogP contribution in [0.2, 0.25) is 0 Å². The zero-order valence-electron chi connectivity index (χ0n) is 11.1. The smallest absolute Gasteiger partial charge is 0.238 e. The van der Waals surface area contributed by atoms with Gasteiger partial charge < -0.3 is 9.84 Å². The second kappa shape index (κ2) is 6.84. The molecular weight excluding hydrogens is 310 g/mol. The fourth-order valence-electron chi connectivity index (χ4n) is 1.62. The average molecular weight is 325 g/mol. The maximum Gasteiger partial charge on any atom is 0.238 e. The number of sulfonamides is 1. The normalized spacial score (nSPS) is 11.3. The lowest BCUT2D eigenvalue weighted by Gasteiger charge is -2.07. The summed E-state index contributed by atoms with van der Waals surface area (Å²) in [5.74, 6) is 1.53. The van der Waals surface area contributed by atoms with Gasteiger partial charge in [-0.1, -0.05) is 6.07 Å². The van der Waals surface area contributed by atoms with Gasteiger partial charge in [0, 0.05) is 10.6 Å². The molecule has 0 aliphatic carbocycles. The van der Waals surface area contributed by atoms with E-state index in [1.807, 2.05) is 6.07 Å². The summed E-state index contributed by atoms with van der Waals surface area (Å²) in [5.41, 5.74) is 0. The zero-order valence-corrected chi connectivity index (χ0v) is 12.7. The molecule has 2 rings (SSSR count). The summed E-state index contributed by atoms with van der Waals surface area (Å²) < 4.78 is 27.7. The fourth-order valence-corrected chi connectivity index (χ4v) is 2.91. The fraction of sp³-hybridized carbons (Fsp3) is 0.143. The Morgan fingerprint density at radius 2 is 1.86 bits per heavy atom. The Labute approximate surface area is 127 Å². The van der Waals surface area contributed by atoms with Crippen molar-refractivity contribution in [3.63, 3.8) is 0 Å². The van der Waals surface area contributed by atoms with E-state index in [1.54, 1.807) is 42.1 Å². The minimum absolute atomic E-state index is 0.0592. The number of aromatic hydroxyl groups is 1. The predicted octanol–water partition coefficient (Wildman–Crippen LogP) is 2.21. The third-order valence-electron chi connectivity index (χ3n) is 2.59. The average Bonchev–Trinajstić information content (AvgIpc) is 2.43. The number of ether oxygens (including phenoxy) is 1. The third kappa shape index (κ3) is 4.96. The van der Waals surface area contributed by atoms with Gasteiger partial charge in [0.15, 0.2) is 0 Å². The van der Waals surface area contributed by atoms with Crippen LogP contribution in [0.3, 0.4) is 0 Å². The Balaban J connectivity index is 1.81. The van der Waals surface area contributed by atoms with E-state index in [4.69, 9.17) is 9.88 Å². The zero-order chi connectivity index (χ0) is 15.3. The van der Waals surface area contributed by atoms with Crippen LogP contribution in [0.1, 0.15) is 0 Å². The number of rotatable bonds is 6. The maximum atomic E-state index is 11.1. The molecule has 0 atom stereocenters. The molecule has 0 aliphatic rings. The second-order valence-electron chi connectivity index (χ2n) is 4.21. The minimum Gasteiger partial charge on any atom is -0.508 e. The largest absolute Gasteiger partial charge is 0.508 e. The first-order valence-corrected chi connectivity index (χ1v) is 8.66. The highest BCUT2D eigenvalue weighted by molar-refractivity contribution is 7.99. The van der Waals surface area contributed by atoms with Gasteiger partial charge in [0.25, 0.3) is 0 Å². The molecule has 0 saturated heterocycles. The lowest BCUT2D eigenvalue weighted by molar-refractivity contribution is 0.343. The molecule has 112 valence electrons. The molecule has 2 aromatic carbocycles. The molecule has 5 nitrogen and oxygen atoms in total. The molecule has 0 spiro atoms. The molecule has 3 N–H and O–H groups in total. The van der Waals surface area contributed by atoms with Gasteiger partial charge in [0.1, 0.15) is 11.5 Å².